The Bertz CT molecular complexity index is 804. The van der Waals surface area contributed by atoms with Gasteiger partial charge in [-0.3, -0.25) is 0 Å². The molecule has 0 aliphatic heterocycles. The van der Waals surface area contributed by atoms with Crippen molar-refractivity contribution in [2.24, 2.45) is 18.0 Å². The third-order valence-corrected chi connectivity index (χ3v) is 5.29. The fraction of sp³-hybridized carbons (Fsp3) is 0.571. The van der Waals surface area contributed by atoms with Gasteiger partial charge in [0.25, 0.3) is 0 Å². The minimum Gasteiger partial charge on any atom is -0.497 e. The zero-order chi connectivity index (χ0) is 20.6. The van der Waals surface area contributed by atoms with Gasteiger partial charge in [0.15, 0.2) is 11.8 Å². The first-order valence-corrected chi connectivity index (χ1v) is 10.1. The summed E-state index contributed by atoms with van der Waals surface area (Å²) < 4.78 is 12.6. The molecule has 8 nitrogen and oxygen atoms in total. The van der Waals surface area contributed by atoms with Crippen LogP contribution in [-0.2, 0) is 24.8 Å². The molecular weight excluding hydrogens is 495 g/mol. The molecule has 0 bridgehead atoms. The Morgan fingerprint density at radius 1 is 1.23 bits per heavy atom. The Balaban J connectivity index is 0.00000320. The molecule has 1 heterocycles. The quantitative estimate of drug-likeness (QED) is 0.280. The summed E-state index contributed by atoms with van der Waals surface area (Å²) >= 11 is 0. The van der Waals surface area contributed by atoms with Crippen molar-refractivity contribution in [3.63, 3.8) is 0 Å². The van der Waals surface area contributed by atoms with Crippen molar-refractivity contribution in [1.29, 1.82) is 0 Å². The molecule has 1 unspecified atom stereocenters. The highest BCUT2D eigenvalue weighted by atomic mass is 127. The van der Waals surface area contributed by atoms with Gasteiger partial charge in [0, 0.05) is 20.7 Å². The van der Waals surface area contributed by atoms with Crippen molar-refractivity contribution in [3.8, 4) is 5.75 Å². The molecule has 0 spiro atoms. The van der Waals surface area contributed by atoms with Crippen LogP contribution in [0.15, 0.2) is 29.3 Å². The third-order valence-electron chi connectivity index (χ3n) is 5.29. The highest BCUT2D eigenvalue weighted by Crippen LogP contribution is 2.32. The summed E-state index contributed by atoms with van der Waals surface area (Å²) in [5, 5.41) is 15.3. The summed E-state index contributed by atoms with van der Waals surface area (Å²) in [5.41, 5.74) is 1.25. The largest absolute Gasteiger partial charge is 0.497 e. The molecular formula is C21H33IN6O2. The van der Waals surface area contributed by atoms with Gasteiger partial charge in [-0.15, -0.1) is 34.2 Å². The summed E-state index contributed by atoms with van der Waals surface area (Å²) in [4.78, 5) is 4.75. The number of hydrogen-bond acceptors (Lipinski definition) is 5. The predicted molar refractivity (Wildman–Crippen MR) is 129 cm³/mol. The van der Waals surface area contributed by atoms with Crippen LogP contribution in [0.4, 0.5) is 0 Å². The van der Waals surface area contributed by atoms with E-state index in [0.717, 1.165) is 36.3 Å². The second kappa shape index (κ2) is 12.1. The summed E-state index contributed by atoms with van der Waals surface area (Å²) in [7, 11) is 5.38. The normalized spacial score (nSPS) is 14.7. The van der Waals surface area contributed by atoms with E-state index >= 15 is 0 Å². The molecule has 0 saturated heterocycles. The second-order valence-electron chi connectivity index (χ2n) is 7.46. The Morgan fingerprint density at radius 3 is 2.53 bits per heavy atom. The van der Waals surface area contributed by atoms with Crippen LogP contribution in [0.25, 0.3) is 0 Å². The lowest BCUT2D eigenvalue weighted by molar-refractivity contribution is 0.165. The van der Waals surface area contributed by atoms with E-state index in [4.69, 9.17) is 14.5 Å². The minimum atomic E-state index is 0. The molecule has 9 heteroatoms. The number of hydrogen-bond donors (Lipinski definition) is 2. The first kappa shape index (κ1) is 24.4. The molecule has 1 fully saturated rings. The number of halogens is 1. The van der Waals surface area contributed by atoms with Crippen LogP contribution >= 0.6 is 24.0 Å². The monoisotopic (exact) mass is 528 g/mol. The fourth-order valence-electron chi connectivity index (χ4n) is 3.16. The maximum atomic E-state index is 5.40. The topological polar surface area (TPSA) is 85.6 Å². The van der Waals surface area contributed by atoms with Gasteiger partial charge >= 0.3 is 0 Å². The van der Waals surface area contributed by atoms with Gasteiger partial charge in [-0.25, -0.2) is 4.99 Å². The van der Waals surface area contributed by atoms with E-state index in [1.165, 1.54) is 18.4 Å². The SMILES string of the molecule is COCC(NC(=NCc1nnc(C)n1C)NCCc1ccc(OC)cc1)C1CC1.I. The van der Waals surface area contributed by atoms with Crippen LogP contribution in [0.2, 0.25) is 0 Å². The Hall–Kier alpha value is -1.88. The second-order valence-corrected chi connectivity index (χ2v) is 7.46. The molecule has 0 amide bonds. The van der Waals surface area contributed by atoms with E-state index in [2.05, 4.69) is 33.0 Å². The molecule has 1 aromatic heterocycles. The van der Waals surface area contributed by atoms with Crippen molar-refractivity contribution in [3.05, 3.63) is 41.5 Å². The molecule has 1 saturated carbocycles. The Kier molecular flexibility index (Phi) is 9.83. The number of aryl methyl sites for hydroxylation is 1. The number of methoxy groups -OCH3 is 2. The van der Waals surface area contributed by atoms with Crippen LogP contribution in [0, 0.1) is 12.8 Å². The maximum absolute atomic E-state index is 5.40. The summed E-state index contributed by atoms with van der Waals surface area (Å²) in [6, 6.07) is 8.42. The molecule has 1 aliphatic carbocycles. The number of nitrogens with one attached hydrogen (secondary N) is 2. The van der Waals surface area contributed by atoms with E-state index in [1.807, 2.05) is 30.7 Å². The summed E-state index contributed by atoms with van der Waals surface area (Å²) in [6.45, 7) is 3.86. The fourth-order valence-corrected chi connectivity index (χ4v) is 3.16. The molecule has 3 rings (SSSR count). The molecule has 1 aromatic carbocycles. The van der Waals surface area contributed by atoms with Gasteiger partial charge in [0.1, 0.15) is 18.1 Å². The zero-order valence-corrected chi connectivity index (χ0v) is 20.6. The van der Waals surface area contributed by atoms with Gasteiger partial charge in [0.2, 0.25) is 0 Å². The molecule has 30 heavy (non-hydrogen) atoms. The average Bonchev–Trinajstić information content (AvgIpc) is 3.53. The lowest BCUT2D eigenvalue weighted by atomic mass is 10.1. The molecule has 2 aromatic rings. The minimum absolute atomic E-state index is 0. The van der Waals surface area contributed by atoms with Crippen molar-refractivity contribution in [2.75, 3.05) is 27.4 Å². The van der Waals surface area contributed by atoms with E-state index in [1.54, 1.807) is 14.2 Å². The Labute approximate surface area is 195 Å². The number of guanidine groups is 1. The van der Waals surface area contributed by atoms with Crippen LogP contribution in [-0.4, -0.2) is 54.1 Å². The average molecular weight is 528 g/mol. The van der Waals surface area contributed by atoms with Crippen molar-refractivity contribution in [2.45, 2.75) is 38.8 Å². The third kappa shape index (κ3) is 7.12. The van der Waals surface area contributed by atoms with Crippen LogP contribution in [0.1, 0.15) is 30.1 Å². The summed E-state index contributed by atoms with van der Waals surface area (Å²) in [6.07, 6.45) is 3.37. The molecule has 1 aliphatic rings. The van der Waals surface area contributed by atoms with Crippen LogP contribution in [0.3, 0.4) is 0 Å². The van der Waals surface area contributed by atoms with Crippen molar-refractivity contribution >= 4 is 29.9 Å². The number of aromatic nitrogens is 3. The summed E-state index contributed by atoms with van der Waals surface area (Å²) in [5.74, 6) is 4.03. The Morgan fingerprint density at radius 2 is 1.97 bits per heavy atom. The lowest BCUT2D eigenvalue weighted by Crippen LogP contribution is -2.47. The number of rotatable bonds is 10. The molecule has 1 atom stereocenters. The number of ether oxygens (including phenoxy) is 2. The molecule has 2 N–H and O–H groups in total. The van der Waals surface area contributed by atoms with Crippen LogP contribution < -0.4 is 15.4 Å². The van der Waals surface area contributed by atoms with Gasteiger partial charge in [0.05, 0.1) is 19.8 Å². The van der Waals surface area contributed by atoms with Crippen molar-refractivity contribution in [1.82, 2.24) is 25.4 Å². The van der Waals surface area contributed by atoms with E-state index in [0.29, 0.717) is 19.1 Å². The number of aliphatic imine (C=N–C) groups is 1. The molecule has 166 valence electrons. The number of nitrogens with zero attached hydrogens (tertiary/aromatic N) is 4. The van der Waals surface area contributed by atoms with Gasteiger partial charge in [-0.05, 0) is 49.8 Å². The first-order valence-electron chi connectivity index (χ1n) is 10.1. The first-order chi connectivity index (χ1) is 14.1. The standard InChI is InChI=1S/C21H32N6O2.HI/c1-15-25-26-20(27(15)2)13-23-21(24-19(14-28-3)17-7-8-17)22-12-11-16-5-9-18(29-4)10-6-16;/h5-6,9-10,17,19H,7-8,11-14H2,1-4H3,(H2,22,23,24);1H. The zero-order valence-electron chi connectivity index (χ0n) is 18.2. The van der Waals surface area contributed by atoms with Crippen LogP contribution in [0.5, 0.6) is 5.75 Å². The number of benzene rings is 1. The van der Waals surface area contributed by atoms with Crippen molar-refractivity contribution < 1.29 is 9.47 Å². The van der Waals surface area contributed by atoms with E-state index in [-0.39, 0.29) is 30.0 Å². The van der Waals surface area contributed by atoms with E-state index in [9.17, 15) is 0 Å². The predicted octanol–water partition coefficient (Wildman–Crippen LogP) is 2.45. The van der Waals surface area contributed by atoms with Gasteiger partial charge in [-0.2, -0.15) is 0 Å². The highest BCUT2D eigenvalue weighted by molar-refractivity contribution is 14.0. The lowest BCUT2D eigenvalue weighted by Gasteiger charge is -2.21. The smallest absolute Gasteiger partial charge is 0.192 e. The molecule has 0 radical (unpaired) electrons. The van der Waals surface area contributed by atoms with Gasteiger partial charge in [-0.1, -0.05) is 12.1 Å². The maximum Gasteiger partial charge on any atom is 0.192 e. The van der Waals surface area contributed by atoms with E-state index < -0.39 is 0 Å². The highest BCUT2D eigenvalue weighted by Gasteiger charge is 2.31. The van der Waals surface area contributed by atoms with Gasteiger partial charge < -0.3 is 24.7 Å².